The van der Waals surface area contributed by atoms with Gasteiger partial charge in [0.1, 0.15) is 0 Å². The summed E-state index contributed by atoms with van der Waals surface area (Å²) < 4.78 is 0. The van der Waals surface area contributed by atoms with Crippen LogP contribution in [0.15, 0.2) is 0 Å². The van der Waals surface area contributed by atoms with Crippen LogP contribution in [0.25, 0.3) is 0 Å². The summed E-state index contributed by atoms with van der Waals surface area (Å²) in [6, 6.07) is 0. The van der Waals surface area contributed by atoms with Crippen molar-refractivity contribution in [3.63, 3.8) is 0 Å². The second-order valence-electron chi connectivity index (χ2n) is 6.54. The highest BCUT2D eigenvalue weighted by Gasteiger charge is 2.53. The van der Waals surface area contributed by atoms with Crippen LogP contribution in [0.1, 0.15) is 67.2 Å². The van der Waals surface area contributed by atoms with Crippen LogP contribution < -0.4 is 0 Å². The molecule has 0 aromatic carbocycles. The second kappa shape index (κ2) is 4.89. The van der Waals surface area contributed by atoms with Crippen molar-refractivity contribution in [2.45, 2.75) is 67.2 Å². The van der Waals surface area contributed by atoms with Crippen LogP contribution in [-0.4, -0.2) is 0 Å². The fraction of sp³-hybridized carbons (Fsp3) is 1.00. The van der Waals surface area contributed by atoms with Crippen LogP contribution in [0.5, 0.6) is 0 Å². The van der Waals surface area contributed by atoms with E-state index in [1.54, 1.807) is 0 Å². The Hall–Kier alpha value is 0. The van der Waals surface area contributed by atoms with Crippen LogP contribution in [0.4, 0.5) is 0 Å². The van der Waals surface area contributed by atoms with Crippen molar-refractivity contribution in [1.29, 1.82) is 0 Å². The van der Waals surface area contributed by atoms with E-state index in [4.69, 9.17) is 0 Å². The molecular weight excluding hydrogens is 180 g/mol. The molecule has 1 rings (SSSR count). The van der Waals surface area contributed by atoms with E-state index in [0.717, 1.165) is 23.7 Å². The first-order valence-electron chi connectivity index (χ1n) is 6.91. The summed E-state index contributed by atoms with van der Waals surface area (Å²) in [5, 5.41) is 0. The molecule has 90 valence electrons. The summed E-state index contributed by atoms with van der Waals surface area (Å²) in [7, 11) is 0. The van der Waals surface area contributed by atoms with Gasteiger partial charge in [-0.25, -0.2) is 0 Å². The molecule has 4 atom stereocenters. The summed E-state index contributed by atoms with van der Waals surface area (Å²) in [4.78, 5) is 0. The maximum Gasteiger partial charge on any atom is -0.0269 e. The van der Waals surface area contributed by atoms with Crippen LogP contribution in [-0.2, 0) is 0 Å². The lowest BCUT2D eigenvalue weighted by atomic mass is 9.85. The van der Waals surface area contributed by atoms with Crippen molar-refractivity contribution in [2.24, 2.45) is 29.1 Å². The van der Waals surface area contributed by atoms with Crippen molar-refractivity contribution >= 4 is 0 Å². The normalized spacial score (nSPS) is 34.2. The molecule has 0 heterocycles. The Morgan fingerprint density at radius 3 is 2.13 bits per heavy atom. The minimum Gasteiger partial charge on any atom is -0.0651 e. The van der Waals surface area contributed by atoms with Crippen molar-refractivity contribution in [2.75, 3.05) is 0 Å². The monoisotopic (exact) mass is 210 g/mol. The Morgan fingerprint density at radius 1 is 1.13 bits per heavy atom. The molecule has 0 aromatic heterocycles. The highest BCUT2D eigenvalue weighted by Crippen LogP contribution is 2.61. The third-order valence-electron chi connectivity index (χ3n) is 5.16. The lowest BCUT2D eigenvalue weighted by Crippen LogP contribution is -2.12. The number of hydrogen-bond acceptors (Lipinski definition) is 0. The van der Waals surface area contributed by atoms with Gasteiger partial charge < -0.3 is 0 Å². The number of rotatable bonds is 6. The minimum atomic E-state index is 0.675. The first-order chi connectivity index (χ1) is 6.91. The number of hydrogen-bond donors (Lipinski definition) is 0. The largest absolute Gasteiger partial charge is 0.0651 e. The third kappa shape index (κ3) is 2.98. The second-order valence-corrected chi connectivity index (χ2v) is 6.54. The van der Waals surface area contributed by atoms with Crippen molar-refractivity contribution in [3.8, 4) is 0 Å². The van der Waals surface area contributed by atoms with Crippen molar-refractivity contribution in [3.05, 3.63) is 0 Å². The van der Waals surface area contributed by atoms with Gasteiger partial charge in [0.15, 0.2) is 0 Å². The van der Waals surface area contributed by atoms with E-state index in [1.165, 1.54) is 25.7 Å². The van der Waals surface area contributed by atoms with Gasteiger partial charge in [-0.1, -0.05) is 60.8 Å². The molecule has 0 radical (unpaired) electrons. The molecule has 1 aliphatic rings. The quantitative estimate of drug-likeness (QED) is 0.570. The zero-order valence-electron chi connectivity index (χ0n) is 11.6. The first-order valence-corrected chi connectivity index (χ1v) is 6.91. The van der Waals surface area contributed by atoms with Crippen LogP contribution in [0.3, 0.4) is 0 Å². The third-order valence-corrected chi connectivity index (χ3v) is 5.16. The summed E-state index contributed by atoms with van der Waals surface area (Å²) in [5.41, 5.74) is 0.675. The average molecular weight is 210 g/mol. The summed E-state index contributed by atoms with van der Waals surface area (Å²) in [6.07, 6.45) is 5.70. The van der Waals surface area contributed by atoms with Gasteiger partial charge in [0.05, 0.1) is 0 Å². The zero-order valence-corrected chi connectivity index (χ0v) is 11.6. The topological polar surface area (TPSA) is 0 Å². The van der Waals surface area contributed by atoms with E-state index in [0.29, 0.717) is 5.41 Å². The van der Waals surface area contributed by atoms with Gasteiger partial charge in [-0.2, -0.15) is 0 Å². The Balaban J connectivity index is 2.29. The Bertz CT molecular complexity index is 194. The van der Waals surface area contributed by atoms with E-state index < -0.39 is 0 Å². The van der Waals surface area contributed by atoms with Crippen molar-refractivity contribution in [1.82, 2.24) is 0 Å². The summed E-state index contributed by atoms with van der Waals surface area (Å²) >= 11 is 0. The van der Waals surface area contributed by atoms with Gasteiger partial charge >= 0.3 is 0 Å². The molecule has 1 aliphatic carbocycles. The zero-order chi connectivity index (χ0) is 11.6. The van der Waals surface area contributed by atoms with E-state index in [9.17, 15) is 0 Å². The van der Waals surface area contributed by atoms with Gasteiger partial charge in [0.2, 0.25) is 0 Å². The molecule has 4 unspecified atom stereocenters. The van der Waals surface area contributed by atoms with E-state index in [-0.39, 0.29) is 0 Å². The molecule has 15 heavy (non-hydrogen) atoms. The molecule has 0 aliphatic heterocycles. The molecule has 1 fully saturated rings. The fourth-order valence-electron chi connectivity index (χ4n) is 2.88. The molecule has 0 nitrogen and oxygen atoms in total. The Morgan fingerprint density at radius 2 is 1.73 bits per heavy atom. The molecule has 0 spiro atoms. The Kier molecular flexibility index (Phi) is 4.26. The molecule has 0 saturated heterocycles. The molecule has 0 heteroatoms. The van der Waals surface area contributed by atoms with E-state index in [2.05, 4.69) is 41.5 Å². The van der Waals surface area contributed by atoms with Crippen LogP contribution >= 0.6 is 0 Å². The van der Waals surface area contributed by atoms with Crippen LogP contribution in [0, 0.1) is 29.1 Å². The van der Waals surface area contributed by atoms with Gasteiger partial charge in [-0.3, -0.25) is 0 Å². The van der Waals surface area contributed by atoms with Crippen LogP contribution in [0.2, 0.25) is 0 Å². The molecule has 0 N–H and O–H groups in total. The SMILES string of the molecule is CCC(C)CCC(C)C1CC1(C)C(C)C. The predicted octanol–water partition coefficient (Wildman–Crippen LogP) is 5.13. The average Bonchev–Trinajstić information content (AvgIpc) is 2.88. The molecule has 0 aromatic rings. The molecule has 1 saturated carbocycles. The fourth-order valence-corrected chi connectivity index (χ4v) is 2.88. The molecule has 0 bridgehead atoms. The minimum absolute atomic E-state index is 0.675. The van der Waals surface area contributed by atoms with Gasteiger partial charge in [-0.05, 0) is 35.5 Å². The standard InChI is InChI=1S/C15H30/c1-7-12(4)8-9-13(5)14-10-15(14,6)11(2)3/h11-14H,7-10H2,1-6H3. The first kappa shape index (κ1) is 13.1. The lowest BCUT2D eigenvalue weighted by Gasteiger charge is -2.20. The maximum absolute atomic E-state index is 2.49. The Labute approximate surface area is 96.8 Å². The smallest absolute Gasteiger partial charge is 0.0269 e. The summed E-state index contributed by atoms with van der Waals surface area (Å²) in [5.74, 6) is 3.76. The van der Waals surface area contributed by atoms with Gasteiger partial charge in [0, 0.05) is 0 Å². The molecule has 0 amide bonds. The van der Waals surface area contributed by atoms with Gasteiger partial charge in [0.25, 0.3) is 0 Å². The van der Waals surface area contributed by atoms with Gasteiger partial charge in [-0.15, -0.1) is 0 Å². The summed E-state index contributed by atoms with van der Waals surface area (Å²) in [6.45, 7) is 14.4. The van der Waals surface area contributed by atoms with Crippen molar-refractivity contribution < 1.29 is 0 Å². The molecular formula is C15H30. The highest BCUT2D eigenvalue weighted by atomic mass is 14.6. The lowest BCUT2D eigenvalue weighted by molar-refractivity contribution is 0.291. The predicted molar refractivity (Wildman–Crippen MR) is 68.9 cm³/mol. The van der Waals surface area contributed by atoms with E-state index in [1.807, 2.05) is 0 Å². The highest BCUT2D eigenvalue weighted by molar-refractivity contribution is 5.02. The van der Waals surface area contributed by atoms with E-state index >= 15 is 0 Å². The maximum atomic E-state index is 2.49.